The number of rotatable bonds is 8. The Morgan fingerprint density at radius 2 is 1.24 bits per heavy atom. The van der Waals surface area contributed by atoms with Crippen molar-refractivity contribution in [1.29, 1.82) is 0 Å². The zero-order chi connectivity index (χ0) is 24.4. The predicted octanol–water partition coefficient (Wildman–Crippen LogP) is 6.74. The summed E-state index contributed by atoms with van der Waals surface area (Å²) >= 11 is 0. The van der Waals surface area contributed by atoms with Crippen molar-refractivity contribution in [2.24, 2.45) is 5.92 Å². The highest BCUT2D eigenvalue weighted by Gasteiger charge is 2.14. The van der Waals surface area contributed by atoms with Gasteiger partial charge in [0.2, 0.25) is 0 Å². The molecular weight excluding hydrogens is 416 g/mol. The standard InChI is InChI=1S/C15H14O3.C13H18O2/c1-11(15(16)17)12-6-5-9-14(10-12)18-13-7-3-2-4-8-13;1-9(2)8-11-4-6-12(7-5-11)10(3)13(14)15/h2-11H,1H3,(H,16,17);4-7,9-10H,8H2,1-3H3,(H,14,15). The molecule has 5 nitrogen and oxygen atoms in total. The maximum Gasteiger partial charge on any atom is 0.310 e. The molecule has 174 valence electrons. The van der Waals surface area contributed by atoms with Gasteiger partial charge in [-0.3, -0.25) is 9.59 Å². The topological polar surface area (TPSA) is 83.8 Å². The summed E-state index contributed by atoms with van der Waals surface area (Å²) in [4.78, 5) is 21.7. The molecule has 0 spiro atoms. The van der Waals surface area contributed by atoms with Gasteiger partial charge in [0.25, 0.3) is 0 Å². The van der Waals surface area contributed by atoms with Gasteiger partial charge in [0.1, 0.15) is 11.5 Å². The molecule has 0 fully saturated rings. The summed E-state index contributed by atoms with van der Waals surface area (Å²) in [7, 11) is 0. The maximum atomic E-state index is 10.9. The van der Waals surface area contributed by atoms with Gasteiger partial charge in [-0.05, 0) is 67.1 Å². The van der Waals surface area contributed by atoms with E-state index < -0.39 is 23.8 Å². The van der Waals surface area contributed by atoms with E-state index in [1.54, 1.807) is 32.0 Å². The molecule has 0 amide bonds. The maximum absolute atomic E-state index is 10.9. The highest BCUT2D eigenvalue weighted by atomic mass is 16.5. The van der Waals surface area contributed by atoms with Crippen molar-refractivity contribution >= 4 is 11.9 Å². The van der Waals surface area contributed by atoms with Crippen LogP contribution >= 0.6 is 0 Å². The lowest BCUT2D eigenvalue weighted by Gasteiger charge is -2.10. The molecule has 5 heteroatoms. The smallest absolute Gasteiger partial charge is 0.310 e. The molecule has 2 N–H and O–H groups in total. The number of hydrogen-bond acceptors (Lipinski definition) is 3. The molecule has 0 heterocycles. The Morgan fingerprint density at radius 3 is 1.79 bits per heavy atom. The Balaban J connectivity index is 0.000000238. The number of hydrogen-bond donors (Lipinski definition) is 2. The van der Waals surface area contributed by atoms with E-state index in [1.165, 1.54) is 5.56 Å². The lowest BCUT2D eigenvalue weighted by atomic mass is 9.97. The number of ether oxygens (including phenoxy) is 1. The molecule has 0 saturated heterocycles. The first kappa shape index (κ1) is 25.7. The molecular formula is C28H32O5. The average Bonchev–Trinajstić information content (AvgIpc) is 2.79. The average molecular weight is 449 g/mol. The second-order valence-electron chi connectivity index (χ2n) is 8.45. The molecule has 0 bridgehead atoms. The van der Waals surface area contributed by atoms with Crippen molar-refractivity contribution < 1.29 is 24.5 Å². The van der Waals surface area contributed by atoms with Crippen molar-refractivity contribution in [2.75, 3.05) is 0 Å². The van der Waals surface area contributed by atoms with E-state index in [0.717, 1.165) is 23.3 Å². The lowest BCUT2D eigenvalue weighted by Crippen LogP contribution is -2.07. The summed E-state index contributed by atoms with van der Waals surface area (Å²) < 4.78 is 5.66. The second-order valence-corrected chi connectivity index (χ2v) is 8.45. The summed E-state index contributed by atoms with van der Waals surface area (Å²) in [5.41, 5.74) is 2.87. The van der Waals surface area contributed by atoms with Gasteiger partial charge in [-0.1, -0.05) is 68.4 Å². The number of carboxylic acids is 2. The van der Waals surface area contributed by atoms with E-state index in [4.69, 9.17) is 14.9 Å². The molecule has 3 aromatic rings. The molecule has 33 heavy (non-hydrogen) atoms. The molecule has 0 aliphatic heterocycles. The fourth-order valence-corrected chi connectivity index (χ4v) is 3.17. The quantitative estimate of drug-likeness (QED) is 0.399. The fraction of sp³-hybridized carbons (Fsp3) is 0.286. The minimum absolute atomic E-state index is 0.418. The van der Waals surface area contributed by atoms with Crippen molar-refractivity contribution in [2.45, 2.75) is 46.0 Å². The van der Waals surface area contributed by atoms with Gasteiger partial charge in [0.05, 0.1) is 11.8 Å². The van der Waals surface area contributed by atoms with E-state index in [1.807, 2.05) is 60.7 Å². The largest absolute Gasteiger partial charge is 0.481 e. The SMILES string of the molecule is CC(C(=O)O)c1cccc(Oc2ccccc2)c1.CC(C)Cc1ccc(C(C)C(=O)O)cc1. The van der Waals surface area contributed by atoms with Gasteiger partial charge in [-0.25, -0.2) is 0 Å². The number of benzene rings is 3. The summed E-state index contributed by atoms with van der Waals surface area (Å²) in [5.74, 6) is -0.557. The fourth-order valence-electron chi connectivity index (χ4n) is 3.17. The van der Waals surface area contributed by atoms with Crippen molar-refractivity contribution in [1.82, 2.24) is 0 Å². The zero-order valence-electron chi connectivity index (χ0n) is 19.6. The molecule has 2 atom stereocenters. The minimum Gasteiger partial charge on any atom is -0.481 e. The number of para-hydroxylation sites is 1. The van der Waals surface area contributed by atoms with Gasteiger partial charge in [-0.2, -0.15) is 0 Å². The van der Waals surface area contributed by atoms with Gasteiger partial charge < -0.3 is 14.9 Å². The van der Waals surface area contributed by atoms with Crippen LogP contribution in [0.2, 0.25) is 0 Å². The molecule has 0 saturated carbocycles. The Hall–Kier alpha value is -3.60. The molecule has 3 aromatic carbocycles. The van der Waals surface area contributed by atoms with Crippen LogP contribution in [0.1, 0.15) is 56.2 Å². The van der Waals surface area contributed by atoms with Crippen LogP contribution < -0.4 is 4.74 Å². The van der Waals surface area contributed by atoms with Gasteiger partial charge >= 0.3 is 11.9 Å². The summed E-state index contributed by atoms with van der Waals surface area (Å²) in [6.45, 7) is 7.71. The molecule has 0 aromatic heterocycles. The third-order valence-corrected chi connectivity index (χ3v) is 5.20. The Labute approximate surface area is 195 Å². The van der Waals surface area contributed by atoms with Crippen LogP contribution in [0.3, 0.4) is 0 Å². The van der Waals surface area contributed by atoms with Crippen LogP contribution in [0.5, 0.6) is 11.5 Å². The number of carbonyl (C=O) groups is 2. The highest BCUT2D eigenvalue weighted by molar-refractivity contribution is 5.76. The van der Waals surface area contributed by atoms with Crippen molar-refractivity contribution in [3.63, 3.8) is 0 Å². The zero-order valence-corrected chi connectivity index (χ0v) is 19.6. The first-order chi connectivity index (χ1) is 15.7. The highest BCUT2D eigenvalue weighted by Crippen LogP contribution is 2.25. The summed E-state index contributed by atoms with van der Waals surface area (Å²) in [6, 6.07) is 24.4. The Bertz CT molecular complexity index is 1030. The molecule has 0 aliphatic carbocycles. The monoisotopic (exact) mass is 448 g/mol. The van der Waals surface area contributed by atoms with Crippen LogP contribution in [0.15, 0.2) is 78.9 Å². The van der Waals surface area contributed by atoms with E-state index in [9.17, 15) is 9.59 Å². The van der Waals surface area contributed by atoms with E-state index in [-0.39, 0.29) is 0 Å². The number of carboxylic acid groups (broad SMARTS) is 2. The minimum atomic E-state index is -0.841. The van der Waals surface area contributed by atoms with Crippen molar-refractivity contribution in [3.8, 4) is 11.5 Å². The van der Waals surface area contributed by atoms with Crippen LogP contribution in [-0.2, 0) is 16.0 Å². The lowest BCUT2D eigenvalue weighted by molar-refractivity contribution is -0.139. The molecule has 0 radical (unpaired) electrons. The van der Waals surface area contributed by atoms with E-state index in [2.05, 4.69) is 13.8 Å². The van der Waals surface area contributed by atoms with Crippen LogP contribution in [0.4, 0.5) is 0 Å². The first-order valence-corrected chi connectivity index (χ1v) is 11.0. The summed E-state index contributed by atoms with van der Waals surface area (Å²) in [6.07, 6.45) is 1.04. The first-order valence-electron chi connectivity index (χ1n) is 11.0. The second kappa shape index (κ2) is 12.4. The van der Waals surface area contributed by atoms with Crippen molar-refractivity contribution in [3.05, 3.63) is 95.6 Å². The number of aliphatic carboxylic acids is 2. The van der Waals surface area contributed by atoms with Crippen LogP contribution in [0, 0.1) is 5.92 Å². The van der Waals surface area contributed by atoms with E-state index >= 15 is 0 Å². The van der Waals surface area contributed by atoms with Gasteiger partial charge in [0, 0.05) is 0 Å². The van der Waals surface area contributed by atoms with Gasteiger partial charge in [-0.15, -0.1) is 0 Å². The normalized spacial score (nSPS) is 12.3. The Kier molecular flexibility index (Phi) is 9.67. The molecule has 3 rings (SSSR count). The van der Waals surface area contributed by atoms with E-state index in [0.29, 0.717) is 11.7 Å². The van der Waals surface area contributed by atoms with Gasteiger partial charge in [0.15, 0.2) is 0 Å². The summed E-state index contributed by atoms with van der Waals surface area (Å²) in [5, 5.41) is 17.8. The van der Waals surface area contributed by atoms with Crippen LogP contribution in [0.25, 0.3) is 0 Å². The molecule has 0 aliphatic rings. The predicted molar refractivity (Wildman–Crippen MR) is 130 cm³/mol. The Morgan fingerprint density at radius 1 is 0.697 bits per heavy atom. The molecule has 2 unspecified atom stereocenters. The third kappa shape index (κ3) is 8.45. The third-order valence-electron chi connectivity index (χ3n) is 5.20. The van der Waals surface area contributed by atoms with Crippen LogP contribution in [-0.4, -0.2) is 22.2 Å².